The van der Waals surface area contributed by atoms with Gasteiger partial charge in [0, 0.05) is 19.3 Å². The van der Waals surface area contributed by atoms with Crippen molar-refractivity contribution >= 4 is 17.9 Å². The highest BCUT2D eigenvalue weighted by Gasteiger charge is 2.19. The standard InChI is InChI=1S/C76H138O6/c1-4-7-10-13-16-19-22-25-28-31-33-35-37-38-40-41-43-45-48-51-54-57-60-63-66-69-75(78)81-72-73(71-80-74(77)68-65-62-59-56-53-50-47-30-27-24-21-18-15-12-9-6-3)82-76(79)70-67-64-61-58-55-52-49-46-44-42-39-36-34-32-29-26-23-20-17-14-11-8-5-2/h8,11,17,20,26,29,34,36,42,44,73H,4-7,9-10,12-16,18-19,21-25,27-28,30-33,35,37-41,43,45-72H2,1-3H3/b11-8-,20-17-,29-26-,36-34-,44-42-. The molecule has 1 unspecified atom stereocenters. The summed E-state index contributed by atoms with van der Waals surface area (Å²) in [5.74, 6) is -0.856. The Hall–Kier alpha value is -2.89. The zero-order valence-electron chi connectivity index (χ0n) is 55.0. The topological polar surface area (TPSA) is 78.9 Å². The fourth-order valence-corrected chi connectivity index (χ4v) is 10.9. The van der Waals surface area contributed by atoms with Gasteiger partial charge >= 0.3 is 17.9 Å². The first-order chi connectivity index (χ1) is 40.5. The Labute approximate surface area is 510 Å². The van der Waals surface area contributed by atoms with Crippen molar-refractivity contribution in [3.05, 3.63) is 60.8 Å². The lowest BCUT2D eigenvalue weighted by Crippen LogP contribution is -2.30. The van der Waals surface area contributed by atoms with E-state index in [-0.39, 0.29) is 31.1 Å². The lowest BCUT2D eigenvalue weighted by Gasteiger charge is -2.18. The van der Waals surface area contributed by atoms with Crippen LogP contribution in [0.1, 0.15) is 387 Å². The fraction of sp³-hybridized carbons (Fsp3) is 0.829. The predicted octanol–water partition coefficient (Wildman–Crippen LogP) is 25.1. The Morgan fingerprint density at radius 1 is 0.256 bits per heavy atom. The van der Waals surface area contributed by atoms with Crippen LogP contribution in [0, 0.1) is 0 Å². The molecule has 6 nitrogen and oxygen atoms in total. The van der Waals surface area contributed by atoms with Gasteiger partial charge in [-0.25, -0.2) is 0 Å². The lowest BCUT2D eigenvalue weighted by molar-refractivity contribution is -0.167. The summed E-state index contributed by atoms with van der Waals surface area (Å²) in [6.45, 7) is 6.59. The molecular weight excluding hydrogens is 1010 g/mol. The number of hydrogen-bond donors (Lipinski definition) is 0. The third-order valence-electron chi connectivity index (χ3n) is 16.3. The minimum absolute atomic E-state index is 0.0734. The summed E-state index contributed by atoms with van der Waals surface area (Å²) in [7, 11) is 0. The lowest BCUT2D eigenvalue weighted by atomic mass is 10.0. The maximum atomic E-state index is 13.0. The van der Waals surface area contributed by atoms with Gasteiger partial charge in [0.25, 0.3) is 0 Å². The van der Waals surface area contributed by atoms with Gasteiger partial charge in [-0.05, 0) is 64.2 Å². The molecule has 82 heavy (non-hydrogen) atoms. The summed E-state index contributed by atoms with van der Waals surface area (Å²) in [6, 6.07) is 0. The average molecular weight is 1150 g/mol. The van der Waals surface area contributed by atoms with E-state index in [4.69, 9.17) is 14.2 Å². The Bertz CT molecular complexity index is 1460. The van der Waals surface area contributed by atoms with E-state index < -0.39 is 6.10 Å². The molecule has 478 valence electrons. The van der Waals surface area contributed by atoms with Gasteiger partial charge in [0.2, 0.25) is 0 Å². The number of allylic oxidation sites excluding steroid dienone is 10. The molecule has 0 fully saturated rings. The number of hydrogen-bond acceptors (Lipinski definition) is 6. The van der Waals surface area contributed by atoms with Crippen LogP contribution in [0.25, 0.3) is 0 Å². The molecule has 0 amide bonds. The van der Waals surface area contributed by atoms with Crippen LogP contribution in [-0.4, -0.2) is 37.2 Å². The zero-order chi connectivity index (χ0) is 59.2. The normalized spacial score (nSPS) is 12.4. The largest absolute Gasteiger partial charge is 0.462 e. The van der Waals surface area contributed by atoms with Gasteiger partial charge < -0.3 is 14.2 Å². The minimum Gasteiger partial charge on any atom is -0.462 e. The molecule has 0 aliphatic heterocycles. The highest BCUT2D eigenvalue weighted by Crippen LogP contribution is 2.19. The predicted molar refractivity (Wildman–Crippen MR) is 358 cm³/mol. The second-order valence-corrected chi connectivity index (χ2v) is 24.5. The molecule has 0 spiro atoms. The minimum atomic E-state index is -0.779. The SMILES string of the molecule is CC/C=C\C/C=C\C/C=C\C/C=C\C/C=C\CCCCCCCCCC(=O)OC(COC(=O)CCCCCCCCCCCCCCCCCC)COC(=O)CCCCCCCCCCCCCCCCCCCCCCCCCCC. The monoisotopic (exact) mass is 1150 g/mol. The summed E-state index contributed by atoms with van der Waals surface area (Å²) in [5, 5.41) is 0. The van der Waals surface area contributed by atoms with Gasteiger partial charge in [0.05, 0.1) is 0 Å². The van der Waals surface area contributed by atoms with Gasteiger partial charge in [0.1, 0.15) is 13.2 Å². The van der Waals surface area contributed by atoms with Crippen LogP contribution >= 0.6 is 0 Å². The van der Waals surface area contributed by atoms with E-state index in [1.807, 2.05) is 0 Å². The van der Waals surface area contributed by atoms with Gasteiger partial charge in [-0.15, -0.1) is 0 Å². The van der Waals surface area contributed by atoms with Crippen LogP contribution in [0.4, 0.5) is 0 Å². The van der Waals surface area contributed by atoms with E-state index in [1.165, 1.54) is 250 Å². The van der Waals surface area contributed by atoms with E-state index in [2.05, 4.69) is 81.5 Å². The van der Waals surface area contributed by atoms with Crippen LogP contribution < -0.4 is 0 Å². The van der Waals surface area contributed by atoms with Crippen molar-refractivity contribution < 1.29 is 28.6 Å². The maximum Gasteiger partial charge on any atom is 0.306 e. The third kappa shape index (κ3) is 67.9. The molecule has 0 bridgehead atoms. The number of carbonyl (C=O) groups is 3. The summed E-state index contributed by atoms with van der Waals surface area (Å²) < 4.78 is 17.0. The van der Waals surface area contributed by atoms with E-state index in [0.29, 0.717) is 19.3 Å². The van der Waals surface area contributed by atoms with E-state index >= 15 is 0 Å². The van der Waals surface area contributed by atoms with Crippen LogP contribution in [0.15, 0.2) is 60.8 Å². The Morgan fingerprint density at radius 3 is 0.744 bits per heavy atom. The van der Waals surface area contributed by atoms with Crippen LogP contribution in [0.2, 0.25) is 0 Å². The van der Waals surface area contributed by atoms with Crippen molar-refractivity contribution in [1.82, 2.24) is 0 Å². The molecule has 0 aromatic rings. The molecule has 0 saturated heterocycles. The summed E-state index contributed by atoms with van der Waals surface area (Å²) in [5.41, 5.74) is 0. The Morgan fingerprint density at radius 2 is 0.476 bits per heavy atom. The molecule has 0 aromatic carbocycles. The highest BCUT2D eigenvalue weighted by molar-refractivity contribution is 5.71. The second kappa shape index (κ2) is 70.6. The van der Waals surface area contributed by atoms with E-state index in [9.17, 15) is 14.4 Å². The maximum absolute atomic E-state index is 13.0. The number of ether oxygens (including phenoxy) is 3. The summed E-state index contributed by atoms with van der Waals surface area (Å²) in [4.78, 5) is 38.5. The molecule has 0 N–H and O–H groups in total. The summed E-state index contributed by atoms with van der Waals surface area (Å²) >= 11 is 0. The molecule has 0 aliphatic rings. The van der Waals surface area contributed by atoms with Crippen molar-refractivity contribution in [3.63, 3.8) is 0 Å². The van der Waals surface area contributed by atoms with Gasteiger partial charge in [-0.2, -0.15) is 0 Å². The first-order valence-corrected chi connectivity index (χ1v) is 36.3. The average Bonchev–Trinajstić information content (AvgIpc) is 3.47. The molecule has 0 aliphatic carbocycles. The molecule has 0 saturated carbocycles. The van der Waals surface area contributed by atoms with Gasteiger partial charge in [-0.1, -0.05) is 364 Å². The molecule has 0 aromatic heterocycles. The number of rotatable bonds is 67. The van der Waals surface area contributed by atoms with Gasteiger partial charge in [-0.3, -0.25) is 14.4 Å². The molecule has 0 radical (unpaired) electrons. The smallest absolute Gasteiger partial charge is 0.306 e. The third-order valence-corrected chi connectivity index (χ3v) is 16.3. The fourth-order valence-electron chi connectivity index (χ4n) is 10.9. The molecule has 6 heteroatoms. The molecule has 0 heterocycles. The highest BCUT2D eigenvalue weighted by atomic mass is 16.6. The Balaban J connectivity index is 4.31. The van der Waals surface area contributed by atoms with Crippen molar-refractivity contribution in [2.45, 2.75) is 393 Å². The first kappa shape index (κ1) is 79.1. The number of carbonyl (C=O) groups excluding carboxylic acids is 3. The number of unbranched alkanes of at least 4 members (excludes halogenated alkanes) is 46. The van der Waals surface area contributed by atoms with Crippen molar-refractivity contribution in [1.29, 1.82) is 0 Å². The first-order valence-electron chi connectivity index (χ1n) is 36.3. The second-order valence-electron chi connectivity index (χ2n) is 24.5. The van der Waals surface area contributed by atoms with Gasteiger partial charge in [0.15, 0.2) is 6.10 Å². The van der Waals surface area contributed by atoms with Crippen LogP contribution in [-0.2, 0) is 28.6 Å². The Kier molecular flexibility index (Phi) is 68.1. The number of esters is 3. The van der Waals surface area contributed by atoms with Crippen LogP contribution in [0.5, 0.6) is 0 Å². The molecule has 1 atom stereocenters. The molecule has 0 rings (SSSR count). The van der Waals surface area contributed by atoms with Crippen molar-refractivity contribution in [2.24, 2.45) is 0 Å². The van der Waals surface area contributed by atoms with Crippen LogP contribution in [0.3, 0.4) is 0 Å². The van der Waals surface area contributed by atoms with Crippen molar-refractivity contribution in [3.8, 4) is 0 Å². The molecular formula is C76H138O6. The van der Waals surface area contributed by atoms with E-state index in [1.54, 1.807) is 0 Å². The zero-order valence-corrected chi connectivity index (χ0v) is 55.0. The van der Waals surface area contributed by atoms with Crippen molar-refractivity contribution in [2.75, 3.05) is 13.2 Å². The quantitative estimate of drug-likeness (QED) is 0.0261. The summed E-state index contributed by atoms with van der Waals surface area (Å²) in [6.07, 6.45) is 91.1. The van der Waals surface area contributed by atoms with E-state index in [0.717, 1.165) is 96.3 Å².